The maximum atomic E-state index is 13.6. The Balaban J connectivity index is 1.82. The lowest BCUT2D eigenvalue weighted by Gasteiger charge is -2.17. The van der Waals surface area contributed by atoms with Crippen molar-refractivity contribution in [3.8, 4) is 11.4 Å². The minimum absolute atomic E-state index is 0.240. The van der Waals surface area contributed by atoms with Gasteiger partial charge in [-0.3, -0.25) is 0 Å². The number of benzene rings is 2. The standard InChI is InChI=1S/C18H17FN2O/c1-13(22-12-14-5-3-2-4-6-14)17-11-15(19)7-8-16(17)18-20-9-10-21-18/h2-11,13H,12H2,1H3,(H,20,21)/t13-/m0/s1. The van der Waals surface area contributed by atoms with E-state index in [0.717, 1.165) is 16.7 Å². The van der Waals surface area contributed by atoms with Crippen LogP contribution in [0.2, 0.25) is 0 Å². The minimum Gasteiger partial charge on any atom is -0.369 e. The molecule has 0 aliphatic carbocycles. The van der Waals surface area contributed by atoms with Gasteiger partial charge in [0.2, 0.25) is 0 Å². The van der Waals surface area contributed by atoms with Gasteiger partial charge in [-0.15, -0.1) is 0 Å². The molecular formula is C18H17FN2O. The predicted octanol–water partition coefficient (Wildman–Crippen LogP) is 4.49. The molecule has 1 atom stereocenters. The van der Waals surface area contributed by atoms with Crippen LogP contribution in [0.5, 0.6) is 0 Å². The second-order valence-corrected chi connectivity index (χ2v) is 5.11. The van der Waals surface area contributed by atoms with Crippen molar-refractivity contribution in [2.24, 2.45) is 0 Å². The van der Waals surface area contributed by atoms with Crippen LogP contribution in [0, 0.1) is 5.82 Å². The maximum absolute atomic E-state index is 13.6. The lowest BCUT2D eigenvalue weighted by Crippen LogP contribution is -2.03. The number of nitrogens with one attached hydrogen (secondary N) is 1. The van der Waals surface area contributed by atoms with E-state index in [1.165, 1.54) is 12.1 Å². The first-order valence-corrected chi connectivity index (χ1v) is 7.19. The smallest absolute Gasteiger partial charge is 0.137 e. The molecule has 3 nitrogen and oxygen atoms in total. The normalized spacial score (nSPS) is 12.3. The van der Waals surface area contributed by atoms with Crippen molar-refractivity contribution in [1.29, 1.82) is 0 Å². The molecule has 0 saturated heterocycles. The number of aromatic amines is 1. The van der Waals surface area contributed by atoms with Gasteiger partial charge in [-0.05, 0) is 36.2 Å². The Morgan fingerprint density at radius 3 is 2.73 bits per heavy atom. The van der Waals surface area contributed by atoms with Gasteiger partial charge >= 0.3 is 0 Å². The molecule has 0 spiro atoms. The van der Waals surface area contributed by atoms with Gasteiger partial charge in [0, 0.05) is 18.0 Å². The molecule has 1 N–H and O–H groups in total. The lowest BCUT2D eigenvalue weighted by molar-refractivity contribution is 0.0527. The number of rotatable bonds is 5. The molecule has 0 amide bonds. The molecule has 0 aliphatic rings. The van der Waals surface area contributed by atoms with Gasteiger partial charge < -0.3 is 9.72 Å². The van der Waals surface area contributed by atoms with Crippen molar-refractivity contribution in [1.82, 2.24) is 9.97 Å². The SMILES string of the molecule is C[C@H](OCc1ccccc1)c1cc(F)ccc1-c1ncc[nH]1. The van der Waals surface area contributed by atoms with E-state index >= 15 is 0 Å². The summed E-state index contributed by atoms with van der Waals surface area (Å²) in [7, 11) is 0. The molecule has 3 rings (SSSR count). The second kappa shape index (κ2) is 6.54. The number of halogens is 1. The number of nitrogens with zero attached hydrogens (tertiary/aromatic N) is 1. The van der Waals surface area contributed by atoms with Crippen LogP contribution in [0.1, 0.15) is 24.2 Å². The van der Waals surface area contributed by atoms with E-state index in [-0.39, 0.29) is 11.9 Å². The Bertz CT molecular complexity index is 726. The monoisotopic (exact) mass is 296 g/mol. The molecule has 0 unspecified atom stereocenters. The molecule has 22 heavy (non-hydrogen) atoms. The van der Waals surface area contributed by atoms with Gasteiger partial charge in [0.05, 0.1) is 12.7 Å². The van der Waals surface area contributed by atoms with Gasteiger partial charge in [0.15, 0.2) is 0 Å². The van der Waals surface area contributed by atoms with Crippen LogP contribution in [0.4, 0.5) is 4.39 Å². The van der Waals surface area contributed by atoms with Crippen LogP contribution in [0.3, 0.4) is 0 Å². The molecule has 0 radical (unpaired) electrons. The van der Waals surface area contributed by atoms with Crippen molar-refractivity contribution in [3.05, 3.63) is 77.9 Å². The average molecular weight is 296 g/mol. The molecule has 0 aliphatic heterocycles. The zero-order chi connectivity index (χ0) is 15.4. The third-order valence-corrected chi connectivity index (χ3v) is 3.55. The molecule has 112 valence electrons. The second-order valence-electron chi connectivity index (χ2n) is 5.11. The third kappa shape index (κ3) is 3.23. The summed E-state index contributed by atoms with van der Waals surface area (Å²) < 4.78 is 19.5. The van der Waals surface area contributed by atoms with Gasteiger partial charge in [0.25, 0.3) is 0 Å². The highest BCUT2D eigenvalue weighted by atomic mass is 19.1. The van der Waals surface area contributed by atoms with Gasteiger partial charge in [-0.1, -0.05) is 30.3 Å². The van der Waals surface area contributed by atoms with Crippen LogP contribution < -0.4 is 0 Å². The number of H-pyrrole nitrogens is 1. The Kier molecular flexibility index (Phi) is 4.30. The predicted molar refractivity (Wildman–Crippen MR) is 83.6 cm³/mol. The average Bonchev–Trinajstić information content (AvgIpc) is 3.08. The van der Waals surface area contributed by atoms with Crippen LogP contribution in [0.15, 0.2) is 60.9 Å². The zero-order valence-corrected chi connectivity index (χ0v) is 12.3. The highest BCUT2D eigenvalue weighted by molar-refractivity contribution is 5.60. The van der Waals surface area contributed by atoms with Crippen molar-refractivity contribution >= 4 is 0 Å². The number of ether oxygens (including phenoxy) is 1. The first-order valence-electron chi connectivity index (χ1n) is 7.19. The molecule has 1 heterocycles. The summed E-state index contributed by atoms with van der Waals surface area (Å²) in [5.74, 6) is 0.436. The quantitative estimate of drug-likeness (QED) is 0.753. The Morgan fingerprint density at radius 1 is 1.18 bits per heavy atom. The van der Waals surface area contributed by atoms with Crippen LogP contribution >= 0.6 is 0 Å². The largest absolute Gasteiger partial charge is 0.369 e. The summed E-state index contributed by atoms with van der Waals surface area (Å²) in [6.45, 7) is 2.40. The minimum atomic E-state index is -0.277. The molecular weight excluding hydrogens is 279 g/mol. The maximum Gasteiger partial charge on any atom is 0.137 e. The van der Waals surface area contributed by atoms with E-state index in [0.29, 0.717) is 12.4 Å². The van der Waals surface area contributed by atoms with Crippen LogP contribution in [-0.2, 0) is 11.3 Å². The number of imidazole rings is 1. The van der Waals surface area contributed by atoms with Crippen molar-refractivity contribution in [2.45, 2.75) is 19.6 Å². The summed E-state index contributed by atoms with van der Waals surface area (Å²) in [6.07, 6.45) is 3.19. The fourth-order valence-corrected chi connectivity index (χ4v) is 2.38. The zero-order valence-electron chi connectivity index (χ0n) is 12.3. The summed E-state index contributed by atoms with van der Waals surface area (Å²) >= 11 is 0. The molecule has 3 aromatic rings. The van der Waals surface area contributed by atoms with Gasteiger partial charge in [-0.25, -0.2) is 9.37 Å². The van der Waals surface area contributed by atoms with E-state index < -0.39 is 0 Å². The summed E-state index contributed by atoms with van der Waals surface area (Å²) in [4.78, 5) is 7.30. The third-order valence-electron chi connectivity index (χ3n) is 3.55. The first kappa shape index (κ1) is 14.5. The fourth-order valence-electron chi connectivity index (χ4n) is 2.38. The van der Waals surface area contributed by atoms with E-state index in [4.69, 9.17) is 4.74 Å². The number of hydrogen-bond acceptors (Lipinski definition) is 2. The summed E-state index contributed by atoms with van der Waals surface area (Å²) in [5, 5.41) is 0. The van der Waals surface area contributed by atoms with E-state index in [9.17, 15) is 4.39 Å². The van der Waals surface area contributed by atoms with Crippen LogP contribution in [-0.4, -0.2) is 9.97 Å². The van der Waals surface area contributed by atoms with Gasteiger partial charge in [-0.2, -0.15) is 0 Å². The Hall–Kier alpha value is -2.46. The first-order chi connectivity index (χ1) is 10.7. The highest BCUT2D eigenvalue weighted by Crippen LogP contribution is 2.29. The topological polar surface area (TPSA) is 37.9 Å². The van der Waals surface area contributed by atoms with Crippen LogP contribution in [0.25, 0.3) is 11.4 Å². The number of aromatic nitrogens is 2. The molecule has 4 heteroatoms. The highest BCUT2D eigenvalue weighted by Gasteiger charge is 2.15. The molecule has 2 aromatic carbocycles. The summed E-state index contributed by atoms with van der Waals surface area (Å²) in [6, 6.07) is 14.6. The van der Waals surface area contributed by atoms with Crippen molar-refractivity contribution in [2.75, 3.05) is 0 Å². The lowest BCUT2D eigenvalue weighted by atomic mass is 10.0. The molecule has 0 bridgehead atoms. The van der Waals surface area contributed by atoms with E-state index in [2.05, 4.69) is 9.97 Å². The molecule has 0 fully saturated rings. The van der Waals surface area contributed by atoms with E-state index in [1.807, 2.05) is 37.3 Å². The molecule has 0 saturated carbocycles. The fraction of sp³-hybridized carbons (Fsp3) is 0.167. The van der Waals surface area contributed by atoms with Crippen molar-refractivity contribution in [3.63, 3.8) is 0 Å². The Labute approximate surface area is 128 Å². The summed E-state index contributed by atoms with van der Waals surface area (Å²) in [5.41, 5.74) is 2.73. The van der Waals surface area contributed by atoms with Crippen molar-refractivity contribution < 1.29 is 9.13 Å². The Morgan fingerprint density at radius 2 is 2.00 bits per heavy atom. The van der Waals surface area contributed by atoms with E-state index in [1.54, 1.807) is 18.5 Å². The van der Waals surface area contributed by atoms with Gasteiger partial charge in [0.1, 0.15) is 11.6 Å². The molecule has 1 aromatic heterocycles. The number of hydrogen-bond donors (Lipinski definition) is 1.